The summed E-state index contributed by atoms with van der Waals surface area (Å²) in [5.41, 5.74) is 1.80. The number of ketones is 1. The number of methoxy groups -OCH3 is 1. The maximum absolute atomic E-state index is 13.2. The molecule has 0 aliphatic rings. The van der Waals surface area contributed by atoms with Gasteiger partial charge in [-0.05, 0) is 55.0 Å². The molecule has 1 N–H and O–H groups in total. The van der Waals surface area contributed by atoms with E-state index in [1.54, 1.807) is 34.9 Å². The lowest BCUT2D eigenvalue weighted by Gasteiger charge is -2.14. The fraction of sp³-hybridized carbons (Fsp3) is 0.120. The Hall–Kier alpha value is -3.97. The van der Waals surface area contributed by atoms with Crippen LogP contribution in [-0.4, -0.2) is 28.4 Å². The van der Waals surface area contributed by atoms with Crippen LogP contribution in [0.1, 0.15) is 21.5 Å². The van der Waals surface area contributed by atoms with Crippen LogP contribution >= 0.6 is 11.6 Å². The Morgan fingerprint density at radius 2 is 1.85 bits per heavy atom. The number of pyridine rings is 2. The first-order chi connectivity index (χ1) is 15.9. The topological polar surface area (TPSA) is 90.3 Å². The molecule has 2 heterocycles. The number of carbonyl (C=O) groups excluding carboxylic acids is 2. The van der Waals surface area contributed by atoms with Gasteiger partial charge in [0.15, 0.2) is 5.78 Å². The zero-order valence-corrected chi connectivity index (χ0v) is 18.7. The smallest absolute Gasteiger partial charge is 0.244 e. The summed E-state index contributed by atoms with van der Waals surface area (Å²) in [5, 5.41) is 3.62. The van der Waals surface area contributed by atoms with Crippen molar-refractivity contribution in [3.8, 4) is 5.75 Å². The second kappa shape index (κ2) is 9.26. The van der Waals surface area contributed by atoms with Crippen molar-refractivity contribution in [2.75, 3.05) is 12.4 Å². The lowest BCUT2D eigenvalue weighted by atomic mass is 10.0. The van der Waals surface area contributed by atoms with Gasteiger partial charge >= 0.3 is 0 Å². The number of rotatable bonds is 6. The van der Waals surface area contributed by atoms with Gasteiger partial charge < -0.3 is 14.6 Å². The number of aromatic nitrogens is 2. The Morgan fingerprint density at radius 3 is 2.55 bits per heavy atom. The molecule has 4 rings (SSSR count). The summed E-state index contributed by atoms with van der Waals surface area (Å²) >= 11 is 6.15. The second-order valence-electron chi connectivity index (χ2n) is 7.46. The molecule has 0 aliphatic carbocycles. The van der Waals surface area contributed by atoms with Crippen LogP contribution < -0.4 is 15.5 Å². The minimum atomic E-state index is -0.452. The van der Waals surface area contributed by atoms with Crippen molar-refractivity contribution in [1.82, 2.24) is 9.55 Å². The van der Waals surface area contributed by atoms with Gasteiger partial charge in [-0.15, -0.1) is 0 Å². The highest BCUT2D eigenvalue weighted by Crippen LogP contribution is 2.22. The summed E-state index contributed by atoms with van der Waals surface area (Å²) in [6, 6.07) is 13.3. The van der Waals surface area contributed by atoms with E-state index in [9.17, 15) is 14.4 Å². The summed E-state index contributed by atoms with van der Waals surface area (Å²) in [6.07, 6.45) is 4.38. The van der Waals surface area contributed by atoms with E-state index in [1.807, 2.05) is 13.0 Å². The molecule has 0 saturated heterocycles. The molecule has 0 atom stereocenters. The molecule has 8 heteroatoms. The Morgan fingerprint density at radius 1 is 1.09 bits per heavy atom. The van der Waals surface area contributed by atoms with E-state index in [0.717, 1.165) is 5.56 Å². The highest BCUT2D eigenvalue weighted by Gasteiger charge is 2.19. The van der Waals surface area contributed by atoms with Gasteiger partial charge in [0.05, 0.1) is 23.6 Å². The van der Waals surface area contributed by atoms with Crippen molar-refractivity contribution < 1.29 is 14.3 Å². The maximum Gasteiger partial charge on any atom is 0.244 e. The van der Waals surface area contributed by atoms with Crippen molar-refractivity contribution in [3.63, 3.8) is 0 Å². The van der Waals surface area contributed by atoms with E-state index >= 15 is 0 Å². The SMILES string of the molecule is COc1ccc2c(c1)c(=O)c(C(=O)c1ccncc1)cn2CC(=O)Nc1ccc(C)c(Cl)c1. The molecule has 0 aliphatic heterocycles. The van der Waals surface area contributed by atoms with Crippen LogP contribution in [0.5, 0.6) is 5.75 Å². The fourth-order valence-electron chi connectivity index (χ4n) is 3.48. The quantitative estimate of drug-likeness (QED) is 0.434. The number of halogens is 1. The number of hydrogen-bond acceptors (Lipinski definition) is 5. The van der Waals surface area contributed by atoms with Crippen LogP contribution in [0.15, 0.2) is 71.9 Å². The molecule has 2 aromatic heterocycles. The number of carbonyl (C=O) groups is 2. The molecule has 0 spiro atoms. The lowest BCUT2D eigenvalue weighted by Crippen LogP contribution is -2.24. The lowest BCUT2D eigenvalue weighted by molar-refractivity contribution is -0.116. The maximum atomic E-state index is 13.2. The molecule has 0 unspecified atom stereocenters. The minimum Gasteiger partial charge on any atom is -0.497 e. The van der Waals surface area contributed by atoms with E-state index in [0.29, 0.717) is 27.5 Å². The highest BCUT2D eigenvalue weighted by atomic mass is 35.5. The monoisotopic (exact) mass is 461 g/mol. The number of anilines is 1. The predicted molar refractivity (Wildman–Crippen MR) is 127 cm³/mol. The summed E-state index contributed by atoms with van der Waals surface area (Å²) in [7, 11) is 1.49. The Kier molecular flexibility index (Phi) is 6.24. The number of nitrogens with one attached hydrogen (secondary N) is 1. The highest BCUT2D eigenvalue weighted by molar-refractivity contribution is 6.31. The van der Waals surface area contributed by atoms with Crippen LogP contribution in [0.3, 0.4) is 0 Å². The van der Waals surface area contributed by atoms with Crippen LogP contribution in [0.25, 0.3) is 10.9 Å². The number of benzene rings is 2. The molecule has 0 bridgehead atoms. The summed E-state index contributed by atoms with van der Waals surface area (Å²) < 4.78 is 6.83. The summed E-state index contributed by atoms with van der Waals surface area (Å²) in [5.74, 6) is -0.317. The third-order valence-corrected chi connectivity index (χ3v) is 5.65. The molecule has 1 amide bonds. The number of ether oxygens (including phenoxy) is 1. The van der Waals surface area contributed by atoms with Crippen molar-refractivity contribution in [3.05, 3.63) is 99.1 Å². The average Bonchev–Trinajstić information content (AvgIpc) is 2.83. The number of nitrogens with zero attached hydrogens (tertiary/aromatic N) is 2. The molecular weight excluding hydrogens is 442 g/mol. The molecule has 0 radical (unpaired) electrons. The average molecular weight is 462 g/mol. The van der Waals surface area contributed by atoms with Gasteiger partial charge in [-0.25, -0.2) is 0 Å². The number of hydrogen-bond donors (Lipinski definition) is 1. The van der Waals surface area contributed by atoms with E-state index in [-0.39, 0.29) is 23.4 Å². The van der Waals surface area contributed by atoms with E-state index in [4.69, 9.17) is 16.3 Å². The Bertz CT molecular complexity index is 1430. The van der Waals surface area contributed by atoms with Gasteiger partial charge in [0.25, 0.3) is 0 Å². The van der Waals surface area contributed by atoms with Crippen molar-refractivity contribution in [2.24, 2.45) is 0 Å². The molecule has 4 aromatic rings. The second-order valence-corrected chi connectivity index (χ2v) is 7.87. The molecular formula is C25H20ClN3O4. The largest absolute Gasteiger partial charge is 0.497 e. The standard InChI is InChI=1S/C25H20ClN3O4/c1-15-3-4-17(11-21(15)26)28-23(30)14-29-13-20(24(31)16-7-9-27-10-8-16)25(32)19-12-18(33-2)5-6-22(19)29/h3-13H,14H2,1-2H3,(H,28,30). The van der Waals surface area contributed by atoms with Crippen LogP contribution in [0.4, 0.5) is 5.69 Å². The van der Waals surface area contributed by atoms with Crippen molar-refractivity contribution in [1.29, 1.82) is 0 Å². The predicted octanol–water partition coefficient (Wildman–Crippen LogP) is 4.24. The third-order valence-electron chi connectivity index (χ3n) is 5.24. The van der Waals surface area contributed by atoms with Gasteiger partial charge in [-0.1, -0.05) is 17.7 Å². The van der Waals surface area contributed by atoms with Gasteiger partial charge in [-0.3, -0.25) is 19.4 Å². The first-order valence-electron chi connectivity index (χ1n) is 10.1. The van der Waals surface area contributed by atoms with Crippen molar-refractivity contribution >= 4 is 39.9 Å². The van der Waals surface area contributed by atoms with Crippen molar-refractivity contribution in [2.45, 2.75) is 13.5 Å². The zero-order valence-electron chi connectivity index (χ0n) is 18.0. The molecule has 33 heavy (non-hydrogen) atoms. The number of amides is 1. The van der Waals surface area contributed by atoms with E-state index in [1.165, 1.54) is 37.8 Å². The Labute approximate surface area is 194 Å². The third kappa shape index (κ3) is 4.63. The summed E-state index contributed by atoms with van der Waals surface area (Å²) in [6.45, 7) is 1.75. The van der Waals surface area contributed by atoms with Gasteiger partial charge in [0.1, 0.15) is 12.3 Å². The molecule has 2 aromatic carbocycles. The first-order valence-corrected chi connectivity index (χ1v) is 10.5. The summed E-state index contributed by atoms with van der Waals surface area (Å²) in [4.78, 5) is 43.0. The van der Waals surface area contributed by atoms with Crippen LogP contribution in [0, 0.1) is 6.92 Å². The zero-order chi connectivity index (χ0) is 23.5. The minimum absolute atomic E-state index is 0.0480. The van der Waals surface area contributed by atoms with Crippen LogP contribution in [-0.2, 0) is 11.3 Å². The molecule has 0 saturated carbocycles. The normalized spacial score (nSPS) is 10.8. The number of aryl methyl sites for hydroxylation is 1. The molecule has 0 fully saturated rings. The Balaban J connectivity index is 1.76. The molecule has 166 valence electrons. The van der Waals surface area contributed by atoms with E-state index in [2.05, 4.69) is 10.3 Å². The fourth-order valence-corrected chi connectivity index (χ4v) is 3.66. The van der Waals surface area contributed by atoms with Gasteiger partial charge in [-0.2, -0.15) is 0 Å². The van der Waals surface area contributed by atoms with E-state index < -0.39 is 11.2 Å². The first kappa shape index (κ1) is 22.2. The van der Waals surface area contributed by atoms with Gasteiger partial charge in [0, 0.05) is 34.9 Å². The van der Waals surface area contributed by atoms with Gasteiger partial charge in [0.2, 0.25) is 11.3 Å². The van der Waals surface area contributed by atoms with Crippen LogP contribution in [0.2, 0.25) is 5.02 Å². The molecule has 7 nitrogen and oxygen atoms in total. The number of fused-ring (bicyclic) bond motifs is 1.